The predicted molar refractivity (Wildman–Crippen MR) is 166 cm³/mol. The summed E-state index contributed by atoms with van der Waals surface area (Å²) in [6, 6.07) is 29.1. The zero-order valence-electron chi connectivity index (χ0n) is 24.1. The number of methoxy groups -OCH3 is 1. The number of hydrogen-bond donors (Lipinski definition) is 1. The largest absolute Gasteiger partial charge is 0.508 e. The summed E-state index contributed by atoms with van der Waals surface area (Å²) in [6.45, 7) is 6.26. The third-order valence-electron chi connectivity index (χ3n) is 8.47. The quantitative estimate of drug-likeness (QED) is 0.264. The Morgan fingerprint density at radius 1 is 0.857 bits per heavy atom. The van der Waals surface area contributed by atoms with Crippen LogP contribution in [-0.2, 0) is 12.8 Å². The van der Waals surface area contributed by atoms with E-state index in [9.17, 15) is 9.50 Å². The lowest BCUT2D eigenvalue weighted by atomic mass is 9.88. The van der Waals surface area contributed by atoms with Gasteiger partial charge in [-0.3, -0.25) is 4.90 Å². The molecule has 6 nitrogen and oxygen atoms in total. The molecule has 0 aliphatic carbocycles. The number of nitrogens with zero attached hydrogens (tertiary/aromatic N) is 3. The van der Waals surface area contributed by atoms with Crippen LogP contribution in [0.5, 0.6) is 17.2 Å². The van der Waals surface area contributed by atoms with Gasteiger partial charge in [0.05, 0.1) is 18.8 Å². The van der Waals surface area contributed by atoms with E-state index in [0.29, 0.717) is 12.4 Å². The Morgan fingerprint density at radius 2 is 1.62 bits per heavy atom. The van der Waals surface area contributed by atoms with Crippen LogP contribution in [0.1, 0.15) is 22.7 Å². The normalized spacial score (nSPS) is 17.1. The molecule has 1 saturated heterocycles. The van der Waals surface area contributed by atoms with E-state index in [2.05, 4.69) is 51.1 Å². The number of ether oxygens (including phenoxy) is 2. The first-order valence-electron chi connectivity index (χ1n) is 14.7. The van der Waals surface area contributed by atoms with Crippen molar-refractivity contribution in [1.29, 1.82) is 0 Å². The Morgan fingerprint density at radius 3 is 2.38 bits per heavy atom. The van der Waals surface area contributed by atoms with Gasteiger partial charge in [-0.15, -0.1) is 0 Å². The van der Waals surface area contributed by atoms with Crippen molar-refractivity contribution in [2.24, 2.45) is 0 Å². The molecule has 0 bridgehead atoms. The summed E-state index contributed by atoms with van der Waals surface area (Å²) in [5, 5.41) is 10.1. The van der Waals surface area contributed by atoms with Gasteiger partial charge in [0.1, 0.15) is 29.7 Å². The fourth-order valence-electron chi connectivity index (χ4n) is 6.20. The van der Waals surface area contributed by atoms with Crippen molar-refractivity contribution in [3.8, 4) is 17.2 Å². The number of fused-ring (bicyclic) bond motifs is 1. The molecule has 1 N–H and O–H groups in total. The highest BCUT2D eigenvalue weighted by Gasteiger charge is 2.28. The average molecular weight is 568 g/mol. The molecule has 218 valence electrons. The number of benzene rings is 4. The molecule has 0 spiro atoms. The smallest absolute Gasteiger partial charge is 0.142 e. The van der Waals surface area contributed by atoms with Gasteiger partial charge in [-0.25, -0.2) is 4.39 Å². The molecule has 6 rings (SSSR count). The maximum Gasteiger partial charge on any atom is 0.142 e. The van der Waals surface area contributed by atoms with E-state index in [0.717, 1.165) is 75.0 Å². The Hall–Kier alpha value is -4.23. The Kier molecular flexibility index (Phi) is 8.47. The summed E-state index contributed by atoms with van der Waals surface area (Å²) in [7, 11) is 1.73. The van der Waals surface area contributed by atoms with Crippen LogP contribution in [0, 0.1) is 5.82 Å². The number of piperazine rings is 1. The van der Waals surface area contributed by atoms with Gasteiger partial charge >= 0.3 is 0 Å². The van der Waals surface area contributed by atoms with Gasteiger partial charge in [0.25, 0.3) is 0 Å². The van der Waals surface area contributed by atoms with Gasteiger partial charge in [-0.2, -0.15) is 0 Å². The number of anilines is 2. The van der Waals surface area contributed by atoms with Crippen molar-refractivity contribution in [3.05, 3.63) is 114 Å². The van der Waals surface area contributed by atoms with E-state index in [-0.39, 0.29) is 11.9 Å². The van der Waals surface area contributed by atoms with Crippen LogP contribution in [0.25, 0.3) is 0 Å². The molecule has 2 heterocycles. The number of phenols is 1. The summed E-state index contributed by atoms with van der Waals surface area (Å²) in [5.41, 5.74) is 5.74. The molecule has 42 heavy (non-hydrogen) atoms. The van der Waals surface area contributed by atoms with Crippen LogP contribution >= 0.6 is 0 Å². The van der Waals surface area contributed by atoms with Crippen molar-refractivity contribution in [3.63, 3.8) is 0 Å². The highest BCUT2D eigenvalue weighted by molar-refractivity contribution is 5.58. The molecule has 0 aromatic heterocycles. The van der Waals surface area contributed by atoms with Crippen molar-refractivity contribution >= 4 is 11.4 Å². The topological polar surface area (TPSA) is 48.4 Å². The third kappa shape index (κ3) is 6.31. The van der Waals surface area contributed by atoms with E-state index in [4.69, 9.17) is 9.47 Å². The second kappa shape index (κ2) is 12.7. The number of rotatable bonds is 9. The second-order valence-corrected chi connectivity index (χ2v) is 11.0. The maximum absolute atomic E-state index is 13.7. The number of hydrogen-bond acceptors (Lipinski definition) is 6. The molecule has 0 radical (unpaired) electrons. The summed E-state index contributed by atoms with van der Waals surface area (Å²) in [5.74, 6) is 1.86. The van der Waals surface area contributed by atoms with Crippen LogP contribution in [-0.4, -0.2) is 63.0 Å². The van der Waals surface area contributed by atoms with Gasteiger partial charge < -0.3 is 24.4 Å². The highest BCUT2D eigenvalue weighted by Crippen LogP contribution is 2.37. The summed E-state index contributed by atoms with van der Waals surface area (Å²) < 4.78 is 25.3. The molecule has 1 fully saturated rings. The monoisotopic (exact) mass is 567 g/mol. The zero-order chi connectivity index (χ0) is 28.9. The van der Waals surface area contributed by atoms with Crippen LogP contribution in [0.3, 0.4) is 0 Å². The lowest BCUT2D eigenvalue weighted by Crippen LogP contribution is -2.47. The summed E-state index contributed by atoms with van der Waals surface area (Å²) in [6.07, 6.45) is 1.63. The minimum absolute atomic E-state index is 0.0844. The van der Waals surface area contributed by atoms with Gasteiger partial charge in [0, 0.05) is 45.0 Å². The Labute approximate surface area is 247 Å². The van der Waals surface area contributed by atoms with Crippen molar-refractivity contribution in [2.45, 2.75) is 18.9 Å². The first-order valence-corrected chi connectivity index (χ1v) is 14.7. The molecule has 2 aliphatic heterocycles. The summed E-state index contributed by atoms with van der Waals surface area (Å²) in [4.78, 5) is 7.18. The van der Waals surface area contributed by atoms with E-state index in [1.54, 1.807) is 13.2 Å². The lowest BCUT2D eigenvalue weighted by molar-refractivity contribution is 0.200. The fraction of sp³-hybridized carbons (Fsp3) is 0.314. The second-order valence-electron chi connectivity index (χ2n) is 11.0. The van der Waals surface area contributed by atoms with E-state index in [1.807, 2.05) is 36.4 Å². The first kappa shape index (κ1) is 27.9. The summed E-state index contributed by atoms with van der Waals surface area (Å²) >= 11 is 0. The Bertz CT molecular complexity index is 1470. The molecule has 0 saturated carbocycles. The number of para-hydroxylation sites is 2. The molecule has 4 aromatic rings. The zero-order valence-corrected chi connectivity index (χ0v) is 24.1. The van der Waals surface area contributed by atoms with Gasteiger partial charge in [-0.05, 0) is 90.2 Å². The van der Waals surface area contributed by atoms with Gasteiger partial charge in [0.15, 0.2) is 0 Å². The molecule has 7 heteroatoms. The van der Waals surface area contributed by atoms with Crippen LogP contribution in [0.4, 0.5) is 15.8 Å². The maximum atomic E-state index is 13.7. The molecular weight excluding hydrogens is 529 g/mol. The standard InChI is InChI=1S/C35H38FN3O3/c1-41-35-5-3-2-4-33(35)38-20-18-37(19-21-38)22-23-42-31-13-6-26(7-14-31)24-34-32-15-12-30(40)25-27(32)16-17-39(34)29-10-8-28(36)9-11-29/h2-15,25,34,40H,16-24H2,1H3. The fourth-order valence-corrected chi connectivity index (χ4v) is 6.20. The third-order valence-corrected chi connectivity index (χ3v) is 8.47. The van der Waals surface area contributed by atoms with E-state index in [1.165, 1.54) is 28.8 Å². The first-order chi connectivity index (χ1) is 20.6. The van der Waals surface area contributed by atoms with Gasteiger partial charge in [-0.1, -0.05) is 30.3 Å². The Balaban J connectivity index is 1.05. The number of halogens is 1. The van der Waals surface area contributed by atoms with Crippen LogP contribution in [0.15, 0.2) is 91.0 Å². The molecule has 1 unspecified atom stereocenters. The number of aromatic hydroxyl groups is 1. The van der Waals surface area contributed by atoms with Gasteiger partial charge in [0.2, 0.25) is 0 Å². The van der Waals surface area contributed by atoms with E-state index < -0.39 is 0 Å². The minimum atomic E-state index is -0.233. The van der Waals surface area contributed by atoms with Crippen molar-refractivity contribution in [1.82, 2.24) is 4.90 Å². The van der Waals surface area contributed by atoms with Crippen molar-refractivity contribution in [2.75, 3.05) is 62.8 Å². The average Bonchev–Trinajstić information content (AvgIpc) is 3.03. The number of phenolic OH excluding ortho intramolecular Hbond substituents is 1. The molecule has 0 amide bonds. The molecular formula is C35H38FN3O3. The van der Waals surface area contributed by atoms with Crippen LogP contribution < -0.4 is 19.3 Å². The highest BCUT2D eigenvalue weighted by atomic mass is 19.1. The predicted octanol–water partition coefficient (Wildman–Crippen LogP) is 6.09. The lowest BCUT2D eigenvalue weighted by Gasteiger charge is -2.39. The van der Waals surface area contributed by atoms with Crippen molar-refractivity contribution < 1.29 is 19.0 Å². The molecule has 4 aromatic carbocycles. The molecule has 1 atom stereocenters. The minimum Gasteiger partial charge on any atom is -0.508 e. The SMILES string of the molecule is COc1ccccc1N1CCN(CCOc2ccc(CC3c4ccc(O)cc4CCN3c3ccc(F)cc3)cc2)CC1. The van der Waals surface area contributed by atoms with E-state index >= 15 is 0 Å². The van der Waals surface area contributed by atoms with Crippen LogP contribution in [0.2, 0.25) is 0 Å². The molecule has 2 aliphatic rings.